The summed E-state index contributed by atoms with van der Waals surface area (Å²) in [6.45, 7) is 7.74. The summed E-state index contributed by atoms with van der Waals surface area (Å²) in [4.78, 5) is 27.4. The van der Waals surface area contributed by atoms with Crippen LogP contribution in [0, 0.1) is 5.92 Å². The van der Waals surface area contributed by atoms with Gasteiger partial charge in [0.25, 0.3) is 5.91 Å². The van der Waals surface area contributed by atoms with Gasteiger partial charge in [-0.05, 0) is 49.4 Å². The molecule has 8 heteroatoms. The number of rotatable bonds is 18. The van der Waals surface area contributed by atoms with Gasteiger partial charge in [-0.25, -0.2) is 4.79 Å². The number of benzene rings is 1. The van der Waals surface area contributed by atoms with Crippen molar-refractivity contribution < 1.29 is 54.1 Å². The molecule has 1 rings (SSSR count). The van der Waals surface area contributed by atoms with E-state index in [0.29, 0.717) is 17.9 Å². The molecule has 0 aliphatic heterocycles. The number of ether oxygens (including phenoxy) is 1. The quantitative estimate of drug-likeness (QED) is 0.139. The maximum atomic E-state index is 12.4. The Bertz CT molecular complexity index is 752. The number of hydrogen-bond donors (Lipinski definition) is 2. The van der Waals surface area contributed by atoms with E-state index in [1.807, 2.05) is 0 Å². The summed E-state index contributed by atoms with van der Waals surface area (Å²) in [6, 6.07) is 4.72. The minimum Gasteiger partial charge on any atom is -0.861 e. The third-order valence-corrected chi connectivity index (χ3v) is 5.75. The van der Waals surface area contributed by atoms with Crippen molar-refractivity contribution in [1.82, 2.24) is 5.32 Å². The van der Waals surface area contributed by atoms with Crippen LogP contribution in [0.3, 0.4) is 0 Å². The zero-order valence-electron chi connectivity index (χ0n) is 22.3. The summed E-state index contributed by atoms with van der Waals surface area (Å²) in [5, 5.41) is 23.9. The number of amides is 1. The van der Waals surface area contributed by atoms with E-state index in [-0.39, 0.29) is 35.5 Å². The predicted molar refractivity (Wildman–Crippen MR) is 134 cm³/mol. The van der Waals surface area contributed by atoms with Gasteiger partial charge in [0, 0.05) is 5.56 Å². The molecule has 0 aliphatic carbocycles. The molecule has 0 saturated carbocycles. The van der Waals surface area contributed by atoms with Gasteiger partial charge in [0.15, 0.2) is 0 Å². The summed E-state index contributed by atoms with van der Waals surface area (Å²) >= 11 is 0. The molecule has 0 heterocycles. The zero-order chi connectivity index (χ0) is 25.3. The predicted octanol–water partition coefficient (Wildman–Crippen LogP) is 1.98. The van der Waals surface area contributed by atoms with Crippen LogP contribution in [-0.4, -0.2) is 41.6 Å². The maximum absolute atomic E-state index is 12.4. The number of aliphatic imine (C=N–C) groups is 1. The number of aliphatic carboxylic acids is 1. The first-order valence-electron chi connectivity index (χ1n) is 12.8. The Hall–Kier alpha value is -1.57. The Morgan fingerprint density at radius 2 is 1.46 bits per heavy atom. The standard InChI is InChI=1S/C27H44N2O5.Na/c1-5-6-7-8-9-10-11-12-13-14-19-34-23-17-15-22(16-18-23)26(31)28-21(4)25(30)29-24(20(2)3)27(32)33;/h15-18,20-21,24H,5-14,19H2,1-4H3,(H,28,31)(H,29,30)(H,32,33);/q;+1/p-1/t21-,24-;/m0./s1. The molecule has 2 atom stereocenters. The molecule has 0 aromatic heterocycles. The van der Waals surface area contributed by atoms with Crippen LogP contribution < -0.4 is 44.7 Å². The molecule has 0 spiro atoms. The van der Waals surface area contributed by atoms with E-state index in [9.17, 15) is 19.8 Å². The van der Waals surface area contributed by atoms with Crippen molar-refractivity contribution in [3.63, 3.8) is 0 Å². The number of nitrogens with zero attached hydrogens (tertiary/aromatic N) is 1. The van der Waals surface area contributed by atoms with Crippen LogP contribution in [-0.2, 0) is 4.79 Å². The first-order chi connectivity index (χ1) is 16.3. The van der Waals surface area contributed by atoms with E-state index in [1.54, 1.807) is 38.1 Å². The number of carbonyl (C=O) groups excluding carboxylic acids is 1. The third-order valence-electron chi connectivity index (χ3n) is 5.75. The van der Waals surface area contributed by atoms with Gasteiger partial charge in [-0.3, -0.25) is 9.79 Å². The molecule has 2 N–H and O–H groups in total. The molecule has 0 aliphatic rings. The molecule has 0 saturated heterocycles. The Kier molecular flexibility index (Phi) is 18.7. The molecule has 7 nitrogen and oxygen atoms in total. The third kappa shape index (κ3) is 14.6. The molecule has 35 heavy (non-hydrogen) atoms. The van der Waals surface area contributed by atoms with Crippen molar-refractivity contribution >= 4 is 17.8 Å². The van der Waals surface area contributed by atoms with Crippen LogP contribution in [0.1, 0.15) is 102 Å². The molecule has 1 aromatic carbocycles. The van der Waals surface area contributed by atoms with E-state index in [2.05, 4.69) is 17.2 Å². The molecule has 0 radical (unpaired) electrons. The molecular formula is C27H43N2NaO5. The fraction of sp³-hybridized carbons (Fsp3) is 0.667. The second-order valence-corrected chi connectivity index (χ2v) is 9.24. The van der Waals surface area contributed by atoms with Gasteiger partial charge in [0.2, 0.25) is 0 Å². The first-order valence-corrected chi connectivity index (χ1v) is 12.8. The molecule has 0 fully saturated rings. The molecule has 192 valence electrons. The maximum Gasteiger partial charge on any atom is 1.00 e. The molecule has 0 bridgehead atoms. The van der Waals surface area contributed by atoms with Crippen molar-refractivity contribution in [2.75, 3.05) is 6.61 Å². The topological polar surface area (TPSA) is 111 Å². The minimum atomic E-state index is -1.16. The van der Waals surface area contributed by atoms with E-state index < -0.39 is 29.9 Å². The van der Waals surface area contributed by atoms with E-state index in [0.717, 1.165) is 12.8 Å². The number of carboxylic acids is 1. The van der Waals surface area contributed by atoms with E-state index in [4.69, 9.17) is 4.74 Å². The first kappa shape index (κ1) is 33.4. The number of nitrogens with one attached hydrogen (secondary N) is 1. The van der Waals surface area contributed by atoms with Crippen LogP contribution in [0.15, 0.2) is 29.3 Å². The smallest absolute Gasteiger partial charge is 0.861 e. The van der Waals surface area contributed by atoms with Crippen molar-refractivity contribution in [2.45, 2.75) is 104 Å². The van der Waals surface area contributed by atoms with E-state index in [1.165, 1.54) is 58.3 Å². The second kappa shape index (κ2) is 19.6. The van der Waals surface area contributed by atoms with Crippen LogP contribution in [0.2, 0.25) is 0 Å². The van der Waals surface area contributed by atoms with Crippen molar-refractivity contribution in [2.24, 2.45) is 10.9 Å². The number of hydrogen-bond acceptors (Lipinski definition) is 5. The normalized spacial score (nSPS) is 13.1. The second-order valence-electron chi connectivity index (χ2n) is 9.24. The average molecular weight is 499 g/mol. The van der Waals surface area contributed by atoms with Gasteiger partial charge >= 0.3 is 35.5 Å². The number of unbranched alkanes of at least 4 members (excludes halogenated alkanes) is 9. The van der Waals surface area contributed by atoms with Gasteiger partial charge in [-0.1, -0.05) is 78.6 Å². The molecular weight excluding hydrogens is 455 g/mol. The van der Waals surface area contributed by atoms with Gasteiger partial charge in [-0.2, -0.15) is 0 Å². The SMILES string of the molecule is CCCCCCCCCCCCOc1ccc(C(=O)N[C@@H](C)C([O-])=N[C@H](C(=O)O)C(C)C)cc1.[Na+]. The summed E-state index contributed by atoms with van der Waals surface area (Å²) in [5.74, 6) is -1.86. The fourth-order valence-corrected chi connectivity index (χ4v) is 3.56. The van der Waals surface area contributed by atoms with E-state index >= 15 is 0 Å². The molecule has 1 amide bonds. The van der Waals surface area contributed by atoms with Crippen LogP contribution in [0.4, 0.5) is 0 Å². The minimum absolute atomic E-state index is 0. The van der Waals surface area contributed by atoms with Crippen molar-refractivity contribution in [3.8, 4) is 5.75 Å². The average Bonchev–Trinajstić information content (AvgIpc) is 2.80. The summed E-state index contributed by atoms with van der Waals surface area (Å²) in [6.07, 6.45) is 12.7. The van der Waals surface area contributed by atoms with Gasteiger partial charge in [0.05, 0.1) is 12.6 Å². The Labute approximate surface area is 233 Å². The fourth-order valence-electron chi connectivity index (χ4n) is 3.56. The van der Waals surface area contributed by atoms with Gasteiger partial charge in [0.1, 0.15) is 11.8 Å². The van der Waals surface area contributed by atoms with Crippen molar-refractivity contribution in [1.29, 1.82) is 0 Å². The summed E-state index contributed by atoms with van der Waals surface area (Å²) in [5.41, 5.74) is 0.393. The monoisotopic (exact) mass is 498 g/mol. The Morgan fingerprint density at radius 1 is 0.943 bits per heavy atom. The zero-order valence-corrected chi connectivity index (χ0v) is 24.3. The number of carbonyl (C=O) groups is 2. The van der Waals surface area contributed by atoms with Crippen LogP contribution in [0.25, 0.3) is 0 Å². The largest absolute Gasteiger partial charge is 1.00 e. The Morgan fingerprint density at radius 3 is 1.94 bits per heavy atom. The Balaban J connectivity index is 0.0000116. The van der Waals surface area contributed by atoms with Gasteiger partial charge in [-0.15, -0.1) is 0 Å². The molecule has 1 aromatic rings. The molecule has 0 unspecified atom stereocenters. The summed E-state index contributed by atoms with van der Waals surface area (Å²) in [7, 11) is 0. The summed E-state index contributed by atoms with van der Waals surface area (Å²) < 4.78 is 5.76. The van der Waals surface area contributed by atoms with Gasteiger partial charge < -0.3 is 20.3 Å². The van der Waals surface area contributed by atoms with Crippen LogP contribution in [0.5, 0.6) is 5.75 Å². The van der Waals surface area contributed by atoms with Crippen molar-refractivity contribution in [3.05, 3.63) is 29.8 Å². The number of carboxylic acid groups (broad SMARTS) is 1. The van der Waals surface area contributed by atoms with Crippen LogP contribution >= 0.6 is 0 Å².